The Labute approximate surface area is 115 Å². The minimum absolute atomic E-state index is 0.0404. The quantitative estimate of drug-likeness (QED) is 0.922. The summed E-state index contributed by atoms with van der Waals surface area (Å²) >= 11 is 0. The number of nitrogens with one attached hydrogen (secondary N) is 1. The highest BCUT2D eigenvalue weighted by Gasteiger charge is 2.36. The average Bonchev–Trinajstić information content (AvgIpc) is 2.38. The summed E-state index contributed by atoms with van der Waals surface area (Å²) in [6.07, 6.45) is 4.51. The molecule has 0 aromatic carbocycles. The Bertz CT molecular complexity index is 535. The molecule has 0 aliphatic carbocycles. The molecule has 1 aliphatic rings. The fourth-order valence-electron chi connectivity index (χ4n) is 2.77. The number of rotatable bonds is 3. The first-order valence-electron chi connectivity index (χ1n) is 6.64. The first-order chi connectivity index (χ1) is 8.98. The van der Waals surface area contributed by atoms with Gasteiger partial charge < -0.3 is 5.32 Å². The smallest absolute Gasteiger partial charge is 0.247 e. The van der Waals surface area contributed by atoms with E-state index in [1.54, 1.807) is 29.7 Å². The lowest BCUT2D eigenvalue weighted by Crippen LogP contribution is -2.47. The zero-order valence-electron chi connectivity index (χ0n) is 11.6. The van der Waals surface area contributed by atoms with Crippen LogP contribution in [0.3, 0.4) is 0 Å². The van der Waals surface area contributed by atoms with E-state index in [1.807, 2.05) is 13.8 Å². The molecule has 1 aromatic rings. The van der Waals surface area contributed by atoms with Gasteiger partial charge >= 0.3 is 0 Å². The molecule has 0 spiro atoms. The van der Waals surface area contributed by atoms with Gasteiger partial charge in [0.05, 0.1) is 0 Å². The van der Waals surface area contributed by atoms with Gasteiger partial charge in [0.1, 0.15) is 10.7 Å². The summed E-state index contributed by atoms with van der Waals surface area (Å²) in [5, 5.41) is 2.85. The highest BCUT2D eigenvalue weighted by molar-refractivity contribution is 7.89. The molecule has 0 radical (unpaired) electrons. The van der Waals surface area contributed by atoms with Gasteiger partial charge in [-0.3, -0.25) is 0 Å². The zero-order valence-corrected chi connectivity index (χ0v) is 12.4. The molecule has 2 heterocycles. The number of piperidine rings is 1. The van der Waals surface area contributed by atoms with Crippen molar-refractivity contribution >= 4 is 15.8 Å². The van der Waals surface area contributed by atoms with Gasteiger partial charge in [0.2, 0.25) is 10.0 Å². The Morgan fingerprint density at radius 3 is 2.53 bits per heavy atom. The second kappa shape index (κ2) is 5.46. The molecule has 6 heteroatoms. The fraction of sp³-hybridized carbons (Fsp3) is 0.615. The molecule has 1 aromatic heterocycles. The second-order valence-electron chi connectivity index (χ2n) is 5.06. The van der Waals surface area contributed by atoms with E-state index < -0.39 is 10.0 Å². The predicted molar refractivity (Wildman–Crippen MR) is 75.6 cm³/mol. The lowest BCUT2D eigenvalue weighted by Gasteiger charge is -2.37. The minimum atomic E-state index is -3.49. The van der Waals surface area contributed by atoms with Crippen LogP contribution in [-0.4, -0.2) is 36.8 Å². The molecule has 1 aliphatic heterocycles. The van der Waals surface area contributed by atoms with Crippen LogP contribution in [0.4, 0.5) is 5.82 Å². The molecule has 2 rings (SSSR count). The average molecular weight is 283 g/mol. The van der Waals surface area contributed by atoms with Gasteiger partial charge in [-0.05, 0) is 38.8 Å². The van der Waals surface area contributed by atoms with E-state index in [-0.39, 0.29) is 17.0 Å². The van der Waals surface area contributed by atoms with Crippen LogP contribution in [0.15, 0.2) is 23.2 Å². The van der Waals surface area contributed by atoms with Crippen molar-refractivity contribution in [3.8, 4) is 0 Å². The molecule has 5 nitrogen and oxygen atoms in total. The molecule has 2 atom stereocenters. The van der Waals surface area contributed by atoms with Crippen molar-refractivity contribution in [1.82, 2.24) is 9.29 Å². The lowest BCUT2D eigenvalue weighted by molar-refractivity contribution is 0.204. The van der Waals surface area contributed by atoms with Gasteiger partial charge in [-0.25, -0.2) is 13.4 Å². The summed E-state index contributed by atoms with van der Waals surface area (Å²) in [6, 6.07) is 3.35. The molecule has 0 saturated carbocycles. The van der Waals surface area contributed by atoms with Crippen LogP contribution in [0, 0.1) is 0 Å². The van der Waals surface area contributed by atoms with Gasteiger partial charge in [0.25, 0.3) is 0 Å². The van der Waals surface area contributed by atoms with Gasteiger partial charge in [0.15, 0.2) is 0 Å². The maximum Gasteiger partial charge on any atom is 0.247 e. The SMILES string of the molecule is CNc1ncccc1S(=O)(=O)N1C(C)CCCC1C. The van der Waals surface area contributed by atoms with Crippen LogP contribution >= 0.6 is 0 Å². The molecule has 1 N–H and O–H groups in total. The van der Waals surface area contributed by atoms with Crippen molar-refractivity contribution in [1.29, 1.82) is 0 Å². The fourth-order valence-corrected chi connectivity index (χ4v) is 4.81. The molecule has 0 bridgehead atoms. The van der Waals surface area contributed by atoms with Crippen LogP contribution in [0.1, 0.15) is 33.1 Å². The predicted octanol–water partition coefficient (Wildman–Crippen LogP) is 2.07. The van der Waals surface area contributed by atoms with E-state index in [0.29, 0.717) is 5.82 Å². The number of sulfonamides is 1. The van der Waals surface area contributed by atoms with Gasteiger partial charge in [0, 0.05) is 25.3 Å². The zero-order chi connectivity index (χ0) is 14.0. The van der Waals surface area contributed by atoms with Crippen molar-refractivity contribution < 1.29 is 8.42 Å². The number of nitrogens with zero attached hydrogens (tertiary/aromatic N) is 2. The second-order valence-corrected chi connectivity index (χ2v) is 6.88. The van der Waals surface area contributed by atoms with Crippen LogP contribution in [0.5, 0.6) is 0 Å². The van der Waals surface area contributed by atoms with E-state index in [9.17, 15) is 8.42 Å². The highest BCUT2D eigenvalue weighted by atomic mass is 32.2. The Morgan fingerprint density at radius 2 is 1.95 bits per heavy atom. The van der Waals surface area contributed by atoms with Crippen LogP contribution in [-0.2, 0) is 10.0 Å². The van der Waals surface area contributed by atoms with Gasteiger partial charge in [-0.15, -0.1) is 0 Å². The summed E-state index contributed by atoms with van der Waals surface area (Å²) in [4.78, 5) is 4.35. The Kier molecular flexibility index (Phi) is 4.10. The van der Waals surface area contributed by atoms with Crippen molar-refractivity contribution in [3.63, 3.8) is 0 Å². The first kappa shape index (κ1) is 14.3. The lowest BCUT2D eigenvalue weighted by atomic mass is 10.0. The number of hydrogen-bond acceptors (Lipinski definition) is 4. The summed E-state index contributed by atoms with van der Waals surface area (Å²) in [5.41, 5.74) is 0. The van der Waals surface area contributed by atoms with Crippen LogP contribution < -0.4 is 5.32 Å². The number of anilines is 1. The minimum Gasteiger partial charge on any atom is -0.372 e. The van der Waals surface area contributed by atoms with E-state index in [2.05, 4.69) is 10.3 Å². The highest BCUT2D eigenvalue weighted by Crippen LogP contribution is 2.31. The summed E-state index contributed by atoms with van der Waals surface area (Å²) in [7, 11) is -1.81. The number of hydrogen-bond donors (Lipinski definition) is 1. The summed E-state index contributed by atoms with van der Waals surface area (Å²) in [5.74, 6) is 0.410. The van der Waals surface area contributed by atoms with Crippen molar-refractivity contribution in [2.24, 2.45) is 0 Å². The molecule has 1 saturated heterocycles. The maximum atomic E-state index is 12.8. The molecule has 106 valence electrons. The molecule has 2 unspecified atom stereocenters. The normalized spacial score (nSPS) is 25.2. The van der Waals surface area contributed by atoms with Crippen molar-refractivity contribution in [2.75, 3.05) is 12.4 Å². The van der Waals surface area contributed by atoms with Gasteiger partial charge in [-0.1, -0.05) is 6.42 Å². The maximum absolute atomic E-state index is 12.8. The molecular formula is C13H21N3O2S. The number of aromatic nitrogens is 1. The first-order valence-corrected chi connectivity index (χ1v) is 8.08. The number of pyridine rings is 1. The summed E-state index contributed by atoms with van der Waals surface area (Å²) in [6.45, 7) is 3.95. The monoisotopic (exact) mass is 283 g/mol. The topological polar surface area (TPSA) is 62.3 Å². The third-order valence-corrected chi connectivity index (χ3v) is 5.84. The third-order valence-electron chi connectivity index (χ3n) is 3.68. The van der Waals surface area contributed by atoms with Crippen molar-refractivity contribution in [3.05, 3.63) is 18.3 Å². The molecule has 19 heavy (non-hydrogen) atoms. The Hall–Kier alpha value is -1.14. The van der Waals surface area contributed by atoms with E-state index in [4.69, 9.17) is 0 Å². The standard InChI is InChI=1S/C13H21N3O2S/c1-10-6-4-7-11(2)16(10)19(17,18)12-8-5-9-15-13(12)14-3/h5,8-11H,4,6-7H2,1-3H3,(H,14,15). The van der Waals surface area contributed by atoms with E-state index >= 15 is 0 Å². The Balaban J connectivity index is 2.46. The van der Waals surface area contributed by atoms with Crippen LogP contribution in [0.2, 0.25) is 0 Å². The molecule has 1 fully saturated rings. The van der Waals surface area contributed by atoms with Crippen LogP contribution in [0.25, 0.3) is 0 Å². The summed E-state index contributed by atoms with van der Waals surface area (Å²) < 4.78 is 27.3. The van der Waals surface area contributed by atoms with Gasteiger partial charge in [-0.2, -0.15) is 4.31 Å². The third kappa shape index (κ3) is 2.60. The van der Waals surface area contributed by atoms with E-state index in [0.717, 1.165) is 19.3 Å². The Morgan fingerprint density at radius 1 is 1.32 bits per heavy atom. The van der Waals surface area contributed by atoms with E-state index in [1.165, 1.54) is 0 Å². The van der Waals surface area contributed by atoms with Crippen molar-refractivity contribution in [2.45, 2.75) is 50.1 Å². The molecule has 0 amide bonds. The largest absolute Gasteiger partial charge is 0.372 e. The molecular weight excluding hydrogens is 262 g/mol.